The Balaban J connectivity index is 2.27. The number of hydrogen-bond donors (Lipinski definition) is 1. The van der Waals surface area contributed by atoms with E-state index in [2.05, 4.69) is 5.32 Å². The van der Waals surface area contributed by atoms with Gasteiger partial charge in [-0.2, -0.15) is 0 Å². The molecule has 0 aromatic heterocycles. The van der Waals surface area contributed by atoms with Crippen molar-refractivity contribution in [3.63, 3.8) is 0 Å². The van der Waals surface area contributed by atoms with Crippen molar-refractivity contribution in [3.8, 4) is 28.4 Å². The molecule has 1 unspecified atom stereocenters. The lowest BCUT2D eigenvalue weighted by molar-refractivity contribution is 0.0200. The molecule has 1 N–H and O–H groups in total. The summed E-state index contributed by atoms with van der Waals surface area (Å²) in [7, 11) is 4.92. The highest BCUT2D eigenvalue weighted by atomic mass is 32.2. The molecule has 0 fully saturated rings. The van der Waals surface area contributed by atoms with Crippen LogP contribution in [0.15, 0.2) is 34.0 Å². The van der Waals surface area contributed by atoms with Crippen LogP contribution in [-0.4, -0.2) is 39.3 Å². The monoisotopic (exact) mass is 473 g/mol. The Labute approximate surface area is 198 Å². The summed E-state index contributed by atoms with van der Waals surface area (Å²) in [4.78, 5) is 25.9. The largest absolute Gasteiger partial charge is 0.514 e. The second-order valence-electron chi connectivity index (χ2n) is 8.70. The molecule has 0 bridgehead atoms. The number of carbonyl (C=O) groups is 1. The number of fused-ring (bicyclic) bond motifs is 3. The van der Waals surface area contributed by atoms with Crippen molar-refractivity contribution >= 4 is 17.9 Å². The minimum Gasteiger partial charge on any atom is -0.492 e. The second kappa shape index (κ2) is 10.1. The number of hydrogen-bond acceptors (Lipinski definition) is 8. The van der Waals surface area contributed by atoms with Gasteiger partial charge in [0, 0.05) is 11.6 Å². The second-order valence-corrected chi connectivity index (χ2v) is 9.55. The number of rotatable bonds is 5. The van der Waals surface area contributed by atoms with Crippen molar-refractivity contribution < 1.29 is 23.7 Å². The van der Waals surface area contributed by atoms with Crippen LogP contribution < -0.4 is 25.0 Å². The van der Waals surface area contributed by atoms with Gasteiger partial charge in [0.15, 0.2) is 16.9 Å². The molecule has 0 spiro atoms. The van der Waals surface area contributed by atoms with Gasteiger partial charge < -0.3 is 24.3 Å². The van der Waals surface area contributed by atoms with E-state index in [4.69, 9.17) is 18.9 Å². The van der Waals surface area contributed by atoms with Crippen LogP contribution in [0.25, 0.3) is 11.1 Å². The van der Waals surface area contributed by atoms with Gasteiger partial charge in [-0.1, -0.05) is 6.07 Å². The number of nitrogens with one attached hydrogen (secondary N) is 1. The molecule has 0 saturated heterocycles. The van der Waals surface area contributed by atoms with E-state index in [1.807, 2.05) is 25.4 Å². The summed E-state index contributed by atoms with van der Waals surface area (Å²) in [6.07, 6.45) is 2.48. The molecule has 2 aromatic rings. The molecule has 7 nitrogen and oxygen atoms in total. The van der Waals surface area contributed by atoms with Crippen LogP contribution >= 0.6 is 11.8 Å². The third-order valence-electron chi connectivity index (χ3n) is 5.43. The van der Waals surface area contributed by atoms with Crippen LogP contribution in [0, 0.1) is 0 Å². The highest BCUT2D eigenvalue weighted by Crippen LogP contribution is 2.50. The highest BCUT2D eigenvalue weighted by molar-refractivity contribution is 7.98. The fourth-order valence-electron chi connectivity index (χ4n) is 4.05. The molecule has 1 aliphatic rings. The number of benzene rings is 1. The smallest absolute Gasteiger partial charge is 0.492 e. The van der Waals surface area contributed by atoms with Crippen molar-refractivity contribution in [2.45, 2.75) is 50.2 Å². The Morgan fingerprint density at radius 2 is 1.82 bits per heavy atom. The van der Waals surface area contributed by atoms with Crippen molar-refractivity contribution in [1.82, 2.24) is 5.32 Å². The summed E-state index contributed by atoms with van der Waals surface area (Å²) in [5.74, 6) is 0.951. The van der Waals surface area contributed by atoms with E-state index in [-0.39, 0.29) is 23.0 Å². The zero-order valence-electron chi connectivity index (χ0n) is 20.2. The van der Waals surface area contributed by atoms with E-state index in [9.17, 15) is 9.59 Å². The minimum atomic E-state index is -0.822. The van der Waals surface area contributed by atoms with Gasteiger partial charge in [-0.3, -0.25) is 4.79 Å². The predicted octanol–water partition coefficient (Wildman–Crippen LogP) is 4.97. The maximum atomic E-state index is 12.8. The van der Waals surface area contributed by atoms with Crippen LogP contribution in [0.3, 0.4) is 0 Å². The van der Waals surface area contributed by atoms with Gasteiger partial charge in [-0.05, 0) is 81.8 Å². The van der Waals surface area contributed by atoms with Gasteiger partial charge >= 0.3 is 6.16 Å². The molecule has 1 atom stereocenters. The summed E-state index contributed by atoms with van der Waals surface area (Å²) in [6, 6.07) is 7.25. The van der Waals surface area contributed by atoms with E-state index in [0.717, 1.165) is 28.7 Å². The zero-order valence-corrected chi connectivity index (χ0v) is 21.0. The Hall–Kier alpha value is -2.71. The molecule has 0 aliphatic heterocycles. The van der Waals surface area contributed by atoms with Crippen LogP contribution in [0.1, 0.15) is 44.4 Å². The van der Waals surface area contributed by atoms with Crippen molar-refractivity contribution in [1.29, 1.82) is 0 Å². The maximum absolute atomic E-state index is 12.8. The first-order chi connectivity index (χ1) is 15.6. The summed E-state index contributed by atoms with van der Waals surface area (Å²) in [5.41, 5.74) is 2.79. The van der Waals surface area contributed by atoms with Gasteiger partial charge in [0.1, 0.15) is 5.60 Å². The average Bonchev–Trinajstić information content (AvgIpc) is 2.99. The molecule has 1 aliphatic carbocycles. The van der Waals surface area contributed by atoms with Gasteiger partial charge in [0.2, 0.25) is 5.75 Å². The first-order valence-corrected chi connectivity index (χ1v) is 11.9. The number of thioether (sulfide) groups is 1. The average molecular weight is 474 g/mol. The number of aryl methyl sites for hydroxylation is 1. The SMILES string of the molecule is CNC1CCc2cc(OC(=O)OC(C)(C)C)c(OC)c(OC)c2-c2ccc(SC)c(=O)cc21. The van der Waals surface area contributed by atoms with Crippen LogP contribution in [-0.2, 0) is 11.2 Å². The summed E-state index contributed by atoms with van der Waals surface area (Å²) in [6.45, 7) is 5.31. The standard InChI is InChI=1S/C25H31NO6S/c1-25(2,3)32-24(28)31-19-12-14-8-10-17(26-4)16-13-18(27)20(33-7)11-9-15(16)21(14)23(30-6)22(19)29-5/h9,11-13,17,26H,8,10H2,1-7H3. The number of carbonyl (C=O) groups excluding carboxylic acids is 1. The topological polar surface area (TPSA) is 83.1 Å². The van der Waals surface area contributed by atoms with Crippen LogP contribution in [0.5, 0.6) is 17.2 Å². The molecule has 0 saturated carbocycles. The molecule has 8 heteroatoms. The molecule has 0 radical (unpaired) electrons. The van der Waals surface area contributed by atoms with Crippen molar-refractivity contribution in [2.75, 3.05) is 27.5 Å². The molecular weight excluding hydrogens is 442 g/mol. The Morgan fingerprint density at radius 1 is 1.12 bits per heavy atom. The lowest BCUT2D eigenvalue weighted by Gasteiger charge is -2.22. The molecule has 0 amide bonds. The molecule has 3 rings (SSSR count). The Kier molecular flexibility index (Phi) is 7.59. The van der Waals surface area contributed by atoms with Crippen LogP contribution in [0.4, 0.5) is 4.79 Å². The predicted molar refractivity (Wildman–Crippen MR) is 130 cm³/mol. The quantitative estimate of drug-likeness (QED) is 0.370. The van der Waals surface area contributed by atoms with Crippen LogP contribution in [0.2, 0.25) is 0 Å². The van der Waals surface area contributed by atoms with Gasteiger partial charge in [0.25, 0.3) is 0 Å². The normalized spacial score (nSPS) is 15.1. The highest BCUT2D eigenvalue weighted by Gasteiger charge is 2.30. The number of methoxy groups -OCH3 is 2. The first-order valence-electron chi connectivity index (χ1n) is 10.7. The fraction of sp³-hybridized carbons (Fsp3) is 0.440. The number of ether oxygens (including phenoxy) is 4. The Morgan fingerprint density at radius 3 is 2.39 bits per heavy atom. The zero-order chi connectivity index (χ0) is 24.3. The molecule has 33 heavy (non-hydrogen) atoms. The van der Waals surface area contributed by atoms with Gasteiger partial charge in [0.05, 0.1) is 19.1 Å². The third kappa shape index (κ3) is 5.28. The van der Waals surface area contributed by atoms with E-state index >= 15 is 0 Å². The summed E-state index contributed by atoms with van der Waals surface area (Å²) < 4.78 is 22.3. The first kappa shape index (κ1) is 24.9. The van der Waals surface area contributed by atoms with E-state index in [0.29, 0.717) is 17.1 Å². The molecule has 0 heterocycles. The lowest BCUT2D eigenvalue weighted by Crippen LogP contribution is -2.26. The fourth-order valence-corrected chi connectivity index (χ4v) is 4.52. The minimum absolute atomic E-state index is 0.0248. The Bertz CT molecular complexity index is 1110. The van der Waals surface area contributed by atoms with Gasteiger partial charge in [-0.15, -0.1) is 11.8 Å². The molecular formula is C25H31NO6S. The van der Waals surface area contributed by atoms with E-state index < -0.39 is 11.8 Å². The maximum Gasteiger partial charge on any atom is 0.514 e. The van der Waals surface area contributed by atoms with Crippen molar-refractivity contribution in [3.05, 3.63) is 45.6 Å². The van der Waals surface area contributed by atoms with E-state index in [1.165, 1.54) is 18.9 Å². The lowest BCUT2D eigenvalue weighted by atomic mass is 9.95. The molecule has 2 aromatic carbocycles. The third-order valence-corrected chi connectivity index (χ3v) is 6.21. The van der Waals surface area contributed by atoms with Crippen molar-refractivity contribution in [2.24, 2.45) is 0 Å². The summed E-state index contributed by atoms with van der Waals surface area (Å²) in [5, 5.41) is 3.33. The van der Waals surface area contributed by atoms with E-state index in [1.54, 1.807) is 40.0 Å². The van der Waals surface area contributed by atoms with Gasteiger partial charge in [-0.25, -0.2) is 4.79 Å². The molecule has 178 valence electrons. The summed E-state index contributed by atoms with van der Waals surface area (Å²) >= 11 is 1.41.